The number of nitrogen functional groups attached to an aromatic ring is 1. The van der Waals surface area contributed by atoms with Gasteiger partial charge in [0.05, 0.1) is 7.11 Å². The Hall–Kier alpha value is -1.90. The fourth-order valence-electron chi connectivity index (χ4n) is 3.77. The monoisotopic (exact) mass is 270 g/mol. The highest BCUT2D eigenvalue weighted by molar-refractivity contribution is 5.81. The largest absolute Gasteiger partial charge is 0.497 e. The van der Waals surface area contributed by atoms with E-state index in [-0.39, 0.29) is 5.41 Å². The van der Waals surface area contributed by atoms with Crippen LogP contribution in [-0.2, 0) is 10.2 Å². The average molecular weight is 270 g/mol. The Morgan fingerprint density at radius 3 is 2.60 bits per heavy atom. The molecule has 0 saturated heterocycles. The molecule has 0 aromatic heterocycles. The van der Waals surface area contributed by atoms with Crippen molar-refractivity contribution in [2.24, 2.45) is 0 Å². The van der Waals surface area contributed by atoms with E-state index in [0.29, 0.717) is 11.4 Å². The average Bonchev–Trinajstić information content (AvgIpc) is 3.00. The zero-order chi connectivity index (χ0) is 14.5. The van der Waals surface area contributed by atoms with E-state index < -0.39 is 0 Å². The van der Waals surface area contributed by atoms with Crippen LogP contribution in [0.3, 0.4) is 0 Å². The standard InChI is InChI=1S/C17H22N2O/c1-11(20-4)13-9-14-16(10-15(13)18)19(3)12(2)17(14)7-5-6-8-17/h9-10H,1-2,5-8,18H2,3-4H3. The second kappa shape index (κ2) is 4.30. The van der Waals surface area contributed by atoms with Crippen molar-refractivity contribution in [1.82, 2.24) is 0 Å². The normalized spacial score (nSPS) is 19.5. The van der Waals surface area contributed by atoms with Gasteiger partial charge in [0.15, 0.2) is 0 Å². The number of likely N-dealkylation sites (N-methyl/N-ethyl adjacent to an activating group) is 1. The lowest BCUT2D eigenvalue weighted by atomic mass is 9.78. The minimum atomic E-state index is 0.0978. The zero-order valence-electron chi connectivity index (χ0n) is 12.3. The molecule has 0 amide bonds. The molecule has 3 nitrogen and oxygen atoms in total. The summed E-state index contributed by atoms with van der Waals surface area (Å²) in [5.41, 5.74) is 11.6. The minimum absolute atomic E-state index is 0.0978. The van der Waals surface area contributed by atoms with Crippen LogP contribution < -0.4 is 10.6 Å². The van der Waals surface area contributed by atoms with E-state index in [1.54, 1.807) is 7.11 Å². The van der Waals surface area contributed by atoms with Gasteiger partial charge in [0.1, 0.15) is 5.76 Å². The van der Waals surface area contributed by atoms with E-state index >= 15 is 0 Å². The number of rotatable bonds is 2. The molecule has 1 saturated carbocycles. The van der Waals surface area contributed by atoms with Crippen LogP contribution in [0.15, 0.2) is 31.0 Å². The number of hydrogen-bond acceptors (Lipinski definition) is 3. The highest BCUT2D eigenvalue weighted by Crippen LogP contribution is 2.56. The first-order chi connectivity index (χ1) is 9.51. The quantitative estimate of drug-likeness (QED) is 0.658. The Bertz CT molecular complexity index is 597. The van der Waals surface area contributed by atoms with Gasteiger partial charge in [0.25, 0.3) is 0 Å². The zero-order valence-corrected chi connectivity index (χ0v) is 12.3. The van der Waals surface area contributed by atoms with Crippen LogP contribution in [0, 0.1) is 0 Å². The lowest BCUT2D eigenvalue weighted by Crippen LogP contribution is -2.25. The Morgan fingerprint density at radius 1 is 1.35 bits per heavy atom. The first-order valence-electron chi connectivity index (χ1n) is 7.11. The molecule has 1 spiro atoms. The minimum Gasteiger partial charge on any atom is -0.497 e. The van der Waals surface area contributed by atoms with Crippen LogP contribution in [0.1, 0.15) is 36.8 Å². The van der Waals surface area contributed by atoms with Gasteiger partial charge in [-0.15, -0.1) is 0 Å². The summed E-state index contributed by atoms with van der Waals surface area (Å²) in [5, 5.41) is 0. The fraction of sp³-hybridized carbons (Fsp3) is 0.412. The molecule has 1 aromatic carbocycles. The first-order valence-corrected chi connectivity index (χ1v) is 7.11. The number of fused-ring (bicyclic) bond motifs is 2. The molecule has 2 aliphatic rings. The van der Waals surface area contributed by atoms with Gasteiger partial charge in [-0.25, -0.2) is 0 Å². The van der Waals surface area contributed by atoms with Gasteiger partial charge in [-0.1, -0.05) is 26.0 Å². The van der Waals surface area contributed by atoms with Gasteiger partial charge < -0.3 is 15.4 Å². The Balaban J connectivity index is 2.21. The molecule has 3 rings (SSSR count). The molecule has 1 fully saturated rings. The highest BCUT2D eigenvalue weighted by atomic mass is 16.5. The van der Waals surface area contributed by atoms with Gasteiger partial charge in [-0.05, 0) is 30.5 Å². The number of ether oxygens (including phenoxy) is 1. The predicted molar refractivity (Wildman–Crippen MR) is 84.6 cm³/mol. The smallest absolute Gasteiger partial charge is 0.121 e. The molecule has 0 radical (unpaired) electrons. The van der Waals surface area contributed by atoms with Crippen LogP contribution in [0.5, 0.6) is 0 Å². The number of nitrogens with zero attached hydrogens (tertiary/aromatic N) is 1. The number of methoxy groups -OCH3 is 1. The van der Waals surface area contributed by atoms with Crippen molar-refractivity contribution in [3.05, 3.63) is 42.1 Å². The highest BCUT2D eigenvalue weighted by Gasteiger charge is 2.47. The van der Waals surface area contributed by atoms with E-state index in [1.165, 1.54) is 42.6 Å². The molecule has 1 aliphatic heterocycles. The fourth-order valence-corrected chi connectivity index (χ4v) is 3.77. The van der Waals surface area contributed by atoms with Crippen LogP contribution in [0.2, 0.25) is 0 Å². The van der Waals surface area contributed by atoms with Crippen molar-refractivity contribution in [3.63, 3.8) is 0 Å². The summed E-state index contributed by atoms with van der Waals surface area (Å²) < 4.78 is 5.27. The summed E-state index contributed by atoms with van der Waals surface area (Å²) in [5.74, 6) is 0.624. The Labute approximate surface area is 120 Å². The van der Waals surface area contributed by atoms with Crippen molar-refractivity contribution >= 4 is 17.1 Å². The van der Waals surface area contributed by atoms with Crippen LogP contribution in [0.25, 0.3) is 5.76 Å². The predicted octanol–water partition coefficient (Wildman–Crippen LogP) is 3.66. The van der Waals surface area contributed by atoms with E-state index in [9.17, 15) is 0 Å². The Kier molecular flexibility index (Phi) is 2.82. The topological polar surface area (TPSA) is 38.5 Å². The van der Waals surface area contributed by atoms with Crippen LogP contribution in [-0.4, -0.2) is 14.2 Å². The molecule has 1 aromatic rings. The molecular weight excluding hydrogens is 248 g/mol. The second-order valence-electron chi connectivity index (χ2n) is 5.88. The molecule has 20 heavy (non-hydrogen) atoms. The maximum absolute atomic E-state index is 6.17. The van der Waals surface area contributed by atoms with E-state index in [2.05, 4.69) is 31.2 Å². The molecule has 1 aliphatic carbocycles. The molecule has 0 bridgehead atoms. The molecular formula is C17H22N2O. The summed E-state index contributed by atoms with van der Waals surface area (Å²) in [7, 11) is 3.71. The number of nitrogens with two attached hydrogens (primary N) is 1. The molecule has 0 unspecified atom stereocenters. The van der Waals surface area contributed by atoms with E-state index in [0.717, 1.165) is 5.56 Å². The van der Waals surface area contributed by atoms with Gasteiger partial charge in [-0.2, -0.15) is 0 Å². The third-order valence-electron chi connectivity index (χ3n) is 5.01. The summed E-state index contributed by atoms with van der Waals surface area (Å²) >= 11 is 0. The number of hydrogen-bond donors (Lipinski definition) is 1. The van der Waals surface area contributed by atoms with E-state index in [1.807, 2.05) is 6.07 Å². The number of allylic oxidation sites excluding steroid dienone is 1. The summed E-state index contributed by atoms with van der Waals surface area (Å²) in [6.07, 6.45) is 4.87. The molecule has 3 heteroatoms. The number of anilines is 2. The Morgan fingerprint density at radius 2 is 2.00 bits per heavy atom. The van der Waals surface area contributed by atoms with Gasteiger partial charge in [0, 0.05) is 35.1 Å². The summed E-state index contributed by atoms with van der Waals surface area (Å²) in [6, 6.07) is 4.20. The van der Waals surface area contributed by atoms with Gasteiger partial charge >= 0.3 is 0 Å². The maximum atomic E-state index is 6.17. The second-order valence-corrected chi connectivity index (χ2v) is 5.88. The van der Waals surface area contributed by atoms with Gasteiger partial charge in [0.2, 0.25) is 0 Å². The third kappa shape index (κ3) is 1.52. The van der Waals surface area contributed by atoms with Gasteiger partial charge in [-0.3, -0.25) is 0 Å². The van der Waals surface area contributed by atoms with E-state index in [4.69, 9.17) is 10.5 Å². The number of benzene rings is 1. The maximum Gasteiger partial charge on any atom is 0.121 e. The molecule has 106 valence electrons. The van der Waals surface area contributed by atoms with Crippen molar-refractivity contribution in [3.8, 4) is 0 Å². The first kappa shape index (κ1) is 13.1. The summed E-state index contributed by atoms with van der Waals surface area (Å²) in [4.78, 5) is 2.19. The lowest BCUT2D eigenvalue weighted by molar-refractivity contribution is 0.371. The third-order valence-corrected chi connectivity index (χ3v) is 5.01. The molecule has 0 atom stereocenters. The molecule has 2 N–H and O–H groups in total. The lowest BCUT2D eigenvalue weighted by Gasteiger charge is -2.27. The SMILES string of the molecule is C=C(OC)c1cc2c(cc1N)N(C)C(=C)C21CCCC1. The van der Waals surface area contributed by atoms with Crippen molar-refractivity contribution < 1.29 is 4.74 Å². The van der Waals surface area contributed by atoms with Crippen LogP contribution >= 0.6 is 0 Å². The van der Waals surface area contributed by atoms with Crippen molar-refractivity contribution in [2.45, 2.75) is 31.1 Å². The summed E-state index contributed by atoms with van der Waals surface area (Å²) in [6.45, 7) is 8.29. The van der Waals surface area contributed by atoms with Crippen molar-refractivity contribution in [1.29, 1.82) is 0 Å². The van der Waals surface area contributed by atoms with Crippen molar-refractivity contribution in [2.75, 3.05) is 24.8 Å². The molecule has 1 heterocycles. The van der Waals surface area contributed by atoms with Crippen LogP contribution in [0.4, 0.5) is 11.4 Å².